The second-order valence-electron chi connectivity index (χ2n) is 4.16. The molecule has 92 valence electrons. The molecule has 1 aromatic carbocycles. The number of hydrogen-bond donors (Lipinski definition) is 2. The van der Waals surface area contributed by atoms with E-state index < -0.39 is 0 Å². The average molecular weight is 318 g/mol. The van der Waals surface area contributed by atoms with Gasteiger partial charge in [-0.05, 0) is 37.6 Å². The second kappa shape index (κ2) is 5.85. The van der Waals surface area contributed by atoms with Gasteiger partial charge in [-0.2, -0.15) is 0 Å². The second-order valence-corrected chi connectivity index (χ2v) is 5.51. The van der Waals surface area contributed by atoms with E-state index in [0.29, 0.717) is 23.2 Å². The zero-order chi connectivity index (χ0) is 12.3. The minimum atomic E-state index is -0.0816. The first-order valence-electron chi connectivity index (χ1n) is 5.63. The molecule has 5 heteroatoms. The smallest absolute Gasteiger partial charge is 0.251 e. The van der Waals surface area contributed by atoms with E-state index in [0.717, 1.165) is 17.4 Å². The Labute approximate surface area is 114 Å². The maximum Gasteiger partial charge on any atom is 0.251 e. The van der Waals surface area contributed by atoms with E-state index in [9.17, 15) is 4.79 Å². The number of nitrogens with one attached hydrogen (secondary N) is 2. The van der Waals surface area contributed by atoms with Crippen LogP contribution in [0.15, 0.2) is 22.7 Å². The normalized spacial score (nSPS) is 19.3. The fraction of sp³-hybridized carbons (Fsp3) is 0.417. The summed E-state index contributed by atoms with van der Waals surface area (Å²) < 4.78 is 0.814. The summed E-state index contributed by atoms with van der Waals surface area (Å²) in [7, 11) is 0. The molecule has 1 aliphatic heterocycles. The Bertz CT molecular complexity index is 399. The Balaban J connectivity index is 1.94. The number of hydrogen-bond acceptors (Lipinski definition) is 2. The Morgan fingerprint density at radius 1 is 1.53 bits per heavy atom. The van der Waals surface area contributed by atoms with Crippen LogP contribution in [0.1, 0.15) is 23.2 Å². The van der Waals surface area contributed by atoms with E-state index in [1.165, 1.54) is 6.42 Å². The monoisotopic (exact) mass is 316 g/mol. The first-order valence-corrected chi connectivity index (χ1v) is 6.80. The average Bonchev–Trinajstić information content (AvgIpc) is 2.77. The molecule has 0 radical (unpaired) electrons. The molecule has 0 spiro atoms. The SMILES string of the molecule is O=C(NCC1CCCN1)c1cc(Cl)cc(Br)c1. The minimum absolute atomic E-state index is 0.0816. The van der Waals surface area contributed by atoms with Crippen molar-refractivity contribution < 1.29 is 4.79 Å². The highest BCUT2D eigenvalue weighted by Crippen LogP contribution is 2.19. The van der Waals surface area contributed by atoms with Crippen molar-refractivity contribution in [2.45, 2.75) is 18.9 Å². The number of rotatable bonds is 3. The molecule has 0 saturated carbocycles. The Morgan fingerprint density at radius 3 is 3.00 bits per heavy atom. The third-order valence-corrected chi connectivity index (χ3v) is 3.47. The van der Waals surface area contributed by atoms with Crippen LogP contribution in [0, 0.1) is 0 Å². The van der Waals surface area contributed by atoms with Crippen LogP contribution in [0.5, 0.6) is 0 Å². The summed E-state index contributed by atoms with van der Waals surface area (Å²) in [6.07, 6.45) is 2.31. The van der Waals surface area contributed by atoms with Gasteiger partial charge in [-0.15, -0.1) is 0 Å². The van der Waals surface area contributed by atoms with Crippen molar-refractivity contribution in [3.05, 3.63) is 33.3 Å². The fourth-order valence-corrected chi connectivity index (χ4v) is 2.79. The molecular formula is C12H14BrClN2O. The molecule has 1 fully saturated rings. The van der Waals surface area contributed by atoms with E-state index in [4.69, 9.17) is 11.6 Å². The lowest BCUT2D eigenvalue weighted by molar-refractivity contribution is 0.0950. The highest BCUT2D eigenvalue weighted by atomic mass is 79.9. The lowest BCUT2D eigenvalue weighted by Gasteiger charge is -2.11. The fourth-order valence-electron chi connectivity index (χ4n) is 1.93. The van der Waals surface area contributed by atoms with E-state index in [-0.39, 0.29) is 5.91 Å². The largest absolute Gasteiger partial charge is 0.350 e. The molecule has 1 aliphatic rings. The van der Waals surface area contributed by atoms with Crippen molar-refractivity contribution in [1.29, 1.82) is 0 Å². The first-order chi connectivity index (χ1) is 8.15. The quantitative estimate of drug-likeness (QED) is 0.899. The molecule has 1 unspecified atom stereocenters. The third kappa shape index (κ3) is 3.69. The Hall–Kier alpha value is -0.580. The predicted molar refractivity (Wildman–Crippen MR) is 72.5 cm³/mol. The van der Waals surface area contributed by atoms with Crippen molar-refractivity contribution in [2.75, 3.05) is 13.1 Å². The number of amides is 1. The van der Waals surface area contributed by atoms with Gasteiger partial charge in [0.25, 0.3) is 5.91 Å². The molecule has 1 amide bonds. The topological polar surface area (TPSA) is 41.1 Å². The summed E-state index contributed by atoms with van der Waals surface area (Å²) in [6, 6.07) is 5.60. The van der Waals surface area contributed by atoms with Crippen molar-refractivity contribution in [1.82, 2.24) is 10.6 Å². The summed E-state index contributed by atoms with van der Waals surface area (Å²) in [5, 5.41) is 6.81. The highest BCUT2D eigenvalue weighted by Gasteiger charge is 2.15. The lowest BCUT2D eigenvalue weighted by Crippen LogP contribution is -2.37. The van der Waals surface area contributed by atoms with Gasteiger partial charge in [0.05, 0.1) is 0 Å². The summed E-state index contributed by atoms with van der Waals surface area (Å²) in [6.45, 7) is 1.71. The molecule has 1 atom stereocenters. The van der Waals surface area contributed by atoms with Gasteiger partial charge in [-0.3, -0.25) is 4.79 Å². The summed E-state index contributed by atoms with van der Waals surface area (Å²) in [5.74, 6) is -0.0816. The van der Waals surface area contributed by atoms with Crippen LogP contribution in [0.2, 0.25) is 5.02 Å². The molecule has 3 nitrogen and oxygen atoms in total. The third-order valence-electron chi connectivity index (χ3n) is 2.80. The Morgan fingerprint density at radius 2 is 2.35 bits per heavy atom. The molecule has 1 aromatic rings. The van der Waals surface area contributed by atoms with E-state index >= 15 is 0 Å². The molecule has 0 bridgehead atoms. The minimum Gasteiger partial charge on any atom is -0.350 e. The first kappa shape index (κ1) is 12.9. The predicted octanol–water partition coefficient (Wildman–Crippen LogP) is 2.58. The van der Waals surface area contributed by atoms with Crippen LogP contribution in [0.4, 0.5) is 0 Å². The van der Waals surface area contributed by atoms with Crippen LogP contribution >= 0.6 is 27.5 Å². The number of carbonyl (C=O) groups is 1. The maximum atomic E-state index is 11.9. The lowest BCUT2D eigenvalue weighted by atomic mass is 10.2. The van der Waals surface area contributed by atoms with E-state index in [1.807, 2.05) is 0 Å². The zero-order valence-corrected chi connectivity index (χ0v) is 11.6. The molecule has 1 heterocycles. The highest BCUT2D eigenvalue weighted by molar-refractivity contribution is 9.10. The van der Waals surface area contributed by atoms with Crippen molar-refractivity contribution >= 4 is 33.4 Å². The van der Waals surface area contributed by atoms with Crippen LogP contribution < -0.4 is 10.6 Å². The molecule has 2 N–H and O–H groups in total. The van der Waals surface area contributed by atoms with Crippen molar-refractivity contribution in [3.63, 3.8) is 0 Å². The van der Waals surface area contributed by atoms with Gasteiger partial charge in [0.1, 0.15) is 0 Å². The van der Waals surface area contributed by atoms with Crippen LogP contribution in [-0.4, -0.2) is 25.0 Å². The maximum absolute atomic E-state index is 11.9. The molecule has 2 rings (SSSR count). The molecule has 0 aliphatic carbocycles. The van der Waals surface area contributed by atoms with Gasteiger partial charge in [-0.1, -0.05) is 27.5 Å². The number of carbonyl (C=O) groups excluding carboxylic acids is 1. The van der Waals surface area contributed by atoms with Gasteiger partial charge < -0.3 is 10.6 Å². The van der Waals surface area contributed by atoms with Crippen LogP contribution in [0.25, 0.3) is 0 Å². The van der Waals surface area contributed by atoms with Gasteiger partial charge in [-0.25, -0.2) is 0 Å². The van der Waals surface area contributed by atoms with E-state index in [1.54, 1.807) is 18.2 Å². The standard InChI is InChI=1S/C12H14BrClN2O/c13-9-4-8(5-10(14)6-9)12(17)16-7-11-2-1-3-15-11/h4-6,11,15H,1-3,7H2,(H,16,17). The van der Waals surface area contributed by atoms with Crippen molar-refractivity contribution in [2.24, 2.45) is 0 Å². The summed E-state index contributed by atoms with van der Waals surface area (Å²) in [5.41, 5.74) is 0.586. The molecule has 17 heavy (non-hydrogen) atoms. The number of benzene rings is 1. The van der Waals surface area contributed by atoms with Gasteiger partial charge in [0.15, 0.2) is 0 Å². The zero-order valence-electron chi connectivity index (χ0n) is 9.30. The number of halogens is 2. The summed E-state index contributed by atoms with van der Waals surface area (Å²) in [4.78, 5) is 11.9. The molecule has 1 saturated heterocycles. The van der Waals surface area contributed by atoms with Gasteiger partial charge in [0.2, 0.25) is 0 Å². The van der Waals surface area contributed by atoms with E-state index in [2.05, 4.69) is 26.6 Å². The van der Waals surface area contributed by atoms with Crippen LogP contribution in [-0.2, 0) is 0 Å². The molecular weight excluding hydrogens is 304 g/mol. The van der Waals surface area contributed by atoms with Crippen molar-refractivity contribution in [3.8, 4) is 0 Å². The summed E-state index contributed by atoms with van der Waals surface area (Å²) >= 11 is 9.22. The van der Waals surface area contributed by atoms with Crippen LogP contribution in [0.3, 0.4) is 0 Å². The van der Waals surface area contributed by atoms with Gasteiger partial charge >= 0.3 is 0 Å². The van der Waals surface area contributed by atoms with Gasteiger partial charge in [0, 0.05) is 27.6 Å². The molecule has 0 aromatic heterocycles. The Kier molecular flexibility index (Phi) is 4.42.